The van der Waals surface area contributed by atoms with E-state index in [0.717, 1.165) is 24.8 Å². The zero-order chi connectivity index (χ0) is 20.2. The summed E-state index contributed by atoms with van der Waals surface area (Å²) in [7, 11) is 0. The molecule has 0 aromatic heterocycles. The van der Waals surface area contributed by atoms with Gasteiger partial charge in [-0.3, -0.25) is 4.90 Å². The molecule has 1 aliphatic carbocycles. The molecule has 3 heteroatoms. The highest BCUT2D eigenvalue weighted by Crippen LogP contribution is 2.64. The van der Waals surface area contributed by atoms with E-state index in [9.17, 15) is 0 Å². The van der Waals surface area contributed by atoms with Gasteiger partial charge in [-0.25, -0.2) is 0 Å². The molecule has 2 heterocycles. The average Bonchev–Trinajstić information content (AvgIpc) is 2.69. The topological polar surface area (TPSA) is 15.7 Å². The summed E-state index contributed by atoms with van der Waals surface area (Å²) in [5.74, 6) is 1.71. The average molecular weight is 391 g/mol. The minimum atomic E-state index is 0.293. The number of rotatable bonds is 5. The number of hydrogen-bond donors (Lipinski definition) is 0. The van der Waals surface area contributed by atoms with E-state index >= 15 is 0 Å². The quantitative estimate of drug-likeness (QED) is 0.691. The van der Waals surface area contributed by atoms with E-state index in [4.69, 9.17) is 4.74 Å². The molecule has 0 spiro atoms. The Kier molecular flexibility index (Phi) is 4.43. The maximum absolute atomic E-state index is 5.65. The Balaban J connectivity index is 1.39. The van der Waals surface area contributed by atoms with Crippen LogP contribution in [0.3, 0.4) is 0 Å². The van der Waals surface area contributed by atoms with Crippen molar-refractivity contribution in [3.63, 3.8) is 0 Å². The van der Waals surface area contributed by atoms with E-state index in [2.05, 4.69) is 79.1 Å². The summed E-state index contributed by atoms with van der Waals surface area (Å²) in [6, 6.07) is 18.5. The van der Waals surface area contributed by atoms with Crippen LogP contribution < -0.4 is 9.64 Å². The molecule has 3 aliphatic rings. The molecule has 5 rings (SSSR count). The Morgan fingerprint density at radius 3 is 2.55 bits per heavy atom. The third kappa shape index (κ3) is 2.89. The molecule has 1 saturated carbocycles. The first-order valence-electron chi connectivity index (χ1n) is 11.2. The molecule has 2 bridgehead atoms. The molecule has 3 nitrogen and oxygen atoms in total. The Hall–Kier alpha value is -2.00. The number of anilines is 1. The highest BCUT2D eigenvalue weighted by Gasteiger charge is 2.68. The van der Waals surface area contributed by atoms with Crippen LogP contribution in [0.2, 0.25) is 0 Å². The van der Waals surface area contributed by atoms with Gasteiger partial charge in [0.15, 0.2) is 0 Å². The molecular formula is C26H34N2O. The normalized spacial score (nSPS) is 33.3. The molecule has 3 unspecified atom stereocenters. The van der Waals surface area contributed by atoms with Crippen molar-refractivity contribution < 1.29 is 4.74 Å². The Labute approximate surface area is 175 Å². The van der Waals surface area contributed by atoms with Crippen molar-refractivity contribution in [2.75, 3.05) is 24.6 Å². The molecule has 0 amide bonds. The van der Waals surface area contributed by atoms with Crippen molar-refractivity contribution in [1.82, 2.24) is 4.90 Å². The van der Waals surface area contributed by atoms with Crippen LogP contribution in [0.1, 0.15) is 44.7 Å². The predicted octanol–water partition coefficient (Wildman–Crippen LogP) is 5.27. The summed E-state index contributed by atoms with van der Waals surface area (Å²) in [6.07, 6.45) is 2.63. The monoisotopic (exact) mass is 390 g/mol. The molecule has 29 heavy (non-hydrogen) atoms. The van der Waals surface area contributed by atoms with Gasteiger partial charge in [0.05, 0.1) is 6.61 Å². The highest BCUT2D eigenvalue weighted by molar-refractivity contribution is 5.53. The van der Waals surface area contributed by atoms with Gasteiger partial charge in [0.2, 0.25) is 0 Å². The summed E-state index contributed by atoms with van der Waals surface area (Å²) in [4.78, 5) is 5.51. The standard InChI is InChI=1S/C26H34N2O/c1-5-29-23-11-9-22(10-12-23)28-18-21-14-25(3)24(28)15-26(25,4)27(17-21)16-20-8-6-7-19(2)13-20/h6-13,21,24H,5,14-18H2,1-4H3/t21?,24?,25-,26?/m1/s1. The number of hydrogen-bond acceptors (Lipinski definition) is 3. The van der Waals surface area contributed by atoms with Gasteiger partial charge in [-0.2, -0.15) is 0 Å². The van der Waals surface area contributed by atoms with Crippen LogP contribution in [0.4, 0.5) is 5.69 Å². The van der Waals surface area contributed by atoms with Crippen LogP contribution >= 0.6 is 0 Å². The van der Waals surface area contributed by atoms with Gasteiger partial charge in [0.1, 0.15) is 5.75 Å². The lowest BCUT2D eigenvalue weighted by atomic mass is 9.45. The molecule has 0 radical (unpaired) electrons. The number of nitrogens with zero attached hydrogens (tertiary/aromatic N) is 2. The number of benzene rings is 2. The van der Waals surface area contributed by atoms with Gasteiger partial charge in [0, 0.05) is 42.3 Å². The van der Waals surface area contributed by atoms with E-state index in [1.807, 2.05) is 6.92 Å². The summed E-state index contributed by atoms with van der Waals surface area (Å²) in [5.41, 5.74) is 4.84. The third-order valence-electron chi connectivity index (χ3n) is 8.21. The first-order chi connectivity index (χ1) is 13.9. The smallest absolute Gasteiger partial charge is 0.119 e. The fraction of sp³-hybridized carbons (Fsp3) is 0.538. The lowest BCUT2D eigenvalue weighted by molar-refractivity contribution is -0.185. The van der Waals surface area contributed by atoms with Crippen LogP contribution in [0, 0.1) is 18.3 Å². The molecule has 2 saturated heterocycles. The zero-order valence-corrected chi connectivity index (χ0v) is 18.3. The third-order valence-corrected chi connectivity index (χ3v) is 8.21. The fourth-order valence-corrected chi connectivity index (χ4v) is 6.52. The van der Waals surface area contributed by atoms with Crippen molar-refractivity contribution >= 4 is 5.69 Å². The lowest BCUT2D eigenvalue weighted by Gasteiger charge is -2.75. The van der Waals surface area contributed by atoms with E-state index < -0.39 is 0 Å². The summed E-state index contributed by atoms with van der Waals surface area (Å²) >= 11 is 0. The van der Waals surface area contributed by atoms with Gasteiger partial charge in [-0.1, -0.05) is 36.8 Å². The van der Waals surface area contributed by atoms with Crippen molar-refractivity contribution in [3.05, 3.63) is 59.7 Å². The molecule has 2 aromatic rings. The maximum Gasteiger partial charge on any atom is 0.119 e. The molecule has 2 aromatic carbocycles. The SMILES string of the molecule is CCOc1ccc(N2CC3CN(Cc4cccc(C)c4)C4(C)CC2[C@@]4(C)C3)cc1. The van der Waals surface area contributed by atoms with Crippen molar-refractivity contribution in [2.24, 2.45) is 11.3 Å². The van der Waals surface area contributed by atoms with E-state index in [1.165, 1.54) is 42.7 Å². The molecule has 2 aliphatic heterocycles. The Morgan fingerprint density at radius 2 is 1.83 bits per heavy atom. The van der Waals surface area contributed by atoms with Crippen LogP contribution in [0.25, 0.3) is 0 Å². The van der Waals surface area contributed by atoms with Crippen LogP contribution in [-0.4, -0.2) is 36.2 Å². The molecule has 3 fully saturated rings. The fourth-order valence-electron chi connectivity index (χ4n) is 6.52. The van der Waals surface area contributed by atoms with Gasteiger partial charge in [-0.05, 0) is 69.4 Å². The second-order valence-corrected chi connectivity index (χ2v) is 9.93. The van der Waals surface area contributed by atoms with Crippen LogP contribution in [0.15, 0.2) is 48.5 Å². The van der Waals surface area contributed by atoms with Crippen molar-refractivity contribution in [1.29, 1.82) is 0 Å². The summed E-state index contributed by atoms with van der Waals surface area (Å²) in [5, 5.41) is 0. The highest BCUT2D eigenvalue weighted by atomic mass is 16.5. The lowest BCUT2D eigenvalue weighted by Crippen LogP contribution is -2.81. The van der Waals surface area contributed by atoms with E-state index in [-0.39, 0.29) is 0 Å². The van der Waals surface area contributed by atoms with Gasteiger partial charge < -0.3 is 9.64 Å². The number of ether oxygens (including phenoxy) is 1. The number of fused-ring (bicyclic) bond motifs is 1. The minimum absolute atomic E-state index is 0.293. The van der Waals surface area contributed by atoms with Crippen LogP contribution in [0.5, 0.6) is 5.75 Å². The van der Waals surface area contributed by atoms with E-state index in [1.54, 1.807) is 0 Å². The molecule has 0 N–H and O–H groups in total. The minimum Gasteiger partial charge on any atom is -0.494 e. The largest absolute Gasteiger partial charge is 0.494 e. The van der Waals surface area contributed by atoms with Crippen LogP contribution in [-0.2, 0) is 6.54 Å². The molecule has 4 atom stereocenters. The number of piperidine rings is 2. The zero-order valence-electron chi connectivity index (χ0n) is 18.3. The maximum atomic E-state index is 5.65. The Morgan fingerprint density at radius 1 is 1.03 bits per heavy atom. The number of likely N-dealkylation sites (tertiary alicyclic amines) is 1. The first kappa shape index (κ1) is 19.0. The second kappa shape index (κ2) is 6.77. The predicted molar refractivity (Wildman–Crippen MR) is 120 cm³/mol. The van der Waals surface area contributed by atoms with E-state index in [0.29, 0.717) is 17.0 Å². The van der Waals surface area contributed by atoms with Crippen molar-refractivity contribution in [3.8, 4) is 5.75 Å². The van der Waals surface area contributed by atoms with Crippen molar-refractivity contribution in [2.45, 2.75) is 58.7 Å². The summed E-state index contributed by atoms with van der Waals surface area (Å²) < 4.78 is 5.65. The van der Waals surface area contributed by atoms with Gasteiger partial charge in [0.25, 0.3) is 0 Å². The summed E-state index contributed by atoms with van der Waals surface area (Å²) in [6.45, 7) is 13.5. The van der Waals surface area contributed by atoms with Gasteiger partial charge in [-0.15, -0.1) is 0 Å². The second-order valence-electron chi connectivity index (χ2n) is 9.93. The molecular weight excluding hydrogens is 356 g/mol. The first-order valence-corrected chi connectivity index (χ1v) is 11.2. The Bertz CT molecular complexity index is 894. The number of aryl methyl sites for hydroxylation is 1. The molecule has 154 valence electrons. The van der Waals surface area contributed by atoms with Gasteiger partial charge >= 0.3 is 0 Å².